The first-order chi connectivity index (χ1) is 1.73. The molecule has 0 aromatic carbocycles. The molecule has 0 aliphatic rings. The zero-order chi connectivity index (χ0) is 3.58. The Morgan fingerprint density at radius 2 is 1.80 bits per heavy atom. The van der Waals surface area contributed by atoms with Crippen LogP contribution in [0.3, 0.4) is 0 Å². The SMILES string of the molecule is [BH2-][N+](=O)[O-].[K+]. The van der Waals surface area contributed by atoms with Crippen molar-refractivity contribution in [3.8, 4) is 0 Å². The second-order valence-corrected chi connectivity index (χ2v) is 0.440. The molecular formula is H2BKNO2. The smallest absolute Gasteiger partial charge is 0.332 e. The summed E-state index contributed by atoms with van der Waals surface area (Å²) in [5, 5.41) is 8.81. The van der Waals surface area contributed by atoms with Crippen molar-refractivity contribution in [2.45, 2.75) is 0 Å². The third-order valence-corrected chi connectivity index (χ3v) is 0. The fraction of sp³-hybridized carbons (Fsp3) is 0. The van der Waals surface area contributed by atoms with Crippen molar-refractivity contribution >= 4 is 7.98 Å². The van der Waals surface area contributed by atoms with Crippen LogP contribution in [0.5, 0.6) is 0 Å². The summed E-state index contributed by atoms with van der Waals surface area (Å²) in [7, 11) is 0.889. The second-order valence-electron chi connectivity index (χ2n) is 0.440. The van der Waals surface area contributed by atoms with Crippen LogP contribution in [0.4, 0.5) is 0 Å². The zero-order valence-corrected chi connectivity index (χ0v) is 6.39. The van der Waals surface area contributed by atoms with Crippen LogP contribution in [-0.4, -0.2) is 12.8 Å². The monoisotopic (exact) mass is 98.0 g/mol. The van der Waals surface area contributed by atoms with Crippen LogP contribution in [0, 0.1) is 10.1 Å². The van der Waals surface area contributed by atoms with E-state index in [4.69, 9.17) is 10.1 Å². The Balaban J connectivity index is 0. The van der Waals surface area contributed by atoms with E-state index in [1.807, 2.05) is 0 Å². The Bertz CT molecular complexity index is 32.6. The van der Waals surface area contributed by atoms with Gasteiger partial charge in [-0.05, 0) is 0 Å². The van der Waals surface area contributed by atoms with Gasteiger partial charge in [-0.3, -0.25) is 0 Å². The van der Waals surface area contributed by atoms with Gasteiger partial charge in [-0.25, -0.2) is 4.83 Å². The Morgan fingerprint density at radius 1 is 1.80 bits per heavy atom. The van der Waals surface area contributed by atoms with Gasteiger partial charge in [0.15, 0.2) is 0 Å². The standard InChI is InChI=1S/BH2NO2.K/c1-2(3)4;/h1H2;/q-1;+1. The summed E-state index contributed by atoms with van der Waals surface area (Å²) < 4.78 is 0. The van der Waals surface area contributed by atoms with Crippen molar-refractivity contribution in [1.82, 2.24) is 0 Å². The van der Waals surface area contributed by atoms with Crippen LogP contribution in [0.1, 0.15) is 0 Å². The molecule has 0 spiro atoms. The topological polar surface area (TPSA) is 43.1 Å². The van der Waals surface area contributed by atoms with Gasteiger partial charge in [0.25, 0.3) is 0 Å². The number of hydrogen-bond acceptors (Lipinski definition) is 2. The number of rotatable bonds is 0. The van der Waals surface area contributed by atoms with E-state index in [1.54, 1.807) is 0 Å². The van der Waals surface area contributed by atoms with E-state index in [2.05, 4.69) is 0 Å². The molecule has 0 saturated carbocycles. The van der Waals surface area contributed by atoms with Crippen molar-refractivity contribution in [1.29, 1.82) is 0 Å². The molecule has 0 saturated heterocycles. The van der Waals surface area contributed by atoms with Crippen molar-refractivity contribution < 1.29 is 56.2 Å². The average Bonchev–Trinajstić information content (AvgIpc) is 0.811. The van der Waals surface area contributed by atoms with Gasteiger partial charge in [-0.1, -0.05) is 0 Å². The van der Waals surface area contributed by atoms with Crippen molar-refractivity contribution in [2.75, 3.05) is 0 Å². The van der Waals surface area contributed by atoms with E-state index in [1.165, 1.54) is 0 Å². The Morgan fingerprint density at radius 3 is 1.80 bits per heavy atom. The second kappa shape index (κ2) is 5.10. The summed E-state index contributed by atoms with van der Waals surface area (Å²) in [4.78, 5) is 8.31. The van der Waals surface area contributed by atoms with Gasteiger partial charge < -0.3 is 10.1 Å². The summed E-state index contributed by atoms with van der Waals surface area (Å²) in [6.45, 7) is 0. The third-order valence-electron chi connectivity index (χ3n) is 0. The van der Waals surface area contributed by atoms with Gasteiger partial charge in [0, 0.05) is 0 Å². The maximum Gasteiger partial charge on any atom is 1.00 e. The Hall–Kier alpha value is 1.10. The molecule has 0 bridgehead atoms. The van der Waals surface area contributed by atoms with Crippen LogP contribution in [0.15, 0.2) is 0 Å². The predicted octanol–water partition coefficient (Wildman–Crippen LogP) is -4.18. The fourth-order valence-electron chi connectivity index (χ4n) is 0. The molecule has 5 heavy (non-hydrogen) atoms. The molecule has 0 N–H and O–H groups in total. The first kappa shape index (κ1) is 9.44. The molecule has 0 aromatic heterocycles. The minimum Gasteiger partial charge on any atom is -0.332 e. The normalized spacial score (nSPS) is 5.00. The number of nitrogens with zero attached hydrogens (tertiary/aromatic N) is 1. The molecule has 3 nitrogen and oxygen atoms in total. The summed E-state index contributed by atoms with van der Waals surface area (Å²) in [6.07, 6.45) is 0. The molecule has 0 fully saturated rings. The first-order valence-corrected chi connectivity index (χ1v) is 0.812. The molecule has 0 atom stereocenters. The molecule has 23 valence electrons. The van der Waals surface area contributed by atoms with Crippen LogP contribution in [0.25, 0.3) is 0 Å². The maximum atomic E-state index is 8.81. The van der Waals surface area contributed by atoms with E-state index in [0.29, 0.717) is 0 Å². The fourth-order valence-corrected chi connectivity index (χ4v) is 0. The van der Waals surface area contributed by atoms with Crippen LogP contribution < -0.4 is 51.4 Å². The molecule has 0 unspecified atom stereocenters. The molecule has 0 heterocycles. The molecule has 0 rings (SSSR count). The van der Waals surface area contributed by atoms with E-state index in [-0.39, 0.29) is 51.4 Å². The molecule has 1 radical (unpaired) electrons. The molecule has 0 amide bonds. The Labute approximate surface area is 73.1 Å². The van der Waals surface area contributed by atoms with Gasteiger partial charge in [-0.15, -0.1) is 0 Å². The van der Waals surface area contributed by atoms with E-state index in [9.17, 15) is 0 Å². The van der Waals surface area contributed by atoms with Crippen LogP contribution in [0.2, 0.25) is 0 Å². The van der Waals surface area contributed by atoms with Crippen molar-refractivity contribution in [3.05, 3.63) is 10.1 Å². The summed E-state index contributed by atoms with van der Waals surface area (Å²) >= 11 is 0. The molecule has 0 aliphatic heterocycles. The van der Waals surface area contributed by atoms with E-state index in [0.717, 1.165) is 7.98 Å². The van der Waals surface area contributed by atoms with E-state index >= 15 is 0 Å². The zero-order valence-electron chi connectivity index (χ0n) is 3.26. The minimum absolute atomic E-state index is 0. The van der Waals surface area contributed by atoms with Crippen molar-refractivity contribution in [3.63, 3.8) is 0 Å². The van der Waals surface area contributed by atoms with Crippen LogP contribution >= 0.6 is 0 Å². The summed E-state index contributed by atoms with van der Waals surface area (Å²) in [6, 6.07) is 0. The van der Waals surface area contributed by atoms with Gasteiger partial charge in [0.05, 0.1) is 0 Å². The predicted molar refractivity (Wildman–Crippen MR) is 15.5 cm³/mol. The third kappa shape index (κ3) is 40.5. The van der Waals surface area contributed by atoms with E-state index < -0.39 is 4.83 Å². The quantitative estimate of drug-likeness (QED) is 0.175. The molecule has 0 aliphatic carbocycles. The summed E-state index contributed by atoms with van der Waals surface area (Å²) in [5.74, 6) is 0. The maximum absolute atomic E-state index is 8.81. The van der Waals surface area contributed by atoms with Gasteiger partial charge in [0.1, 0.15) is 0 Å². The van der Waals surface area contributed by atoms with Gasteiger partial charge in [0.2, 0.25) is 7.98 Å². The van der Waals surface area contributed by atoms with Gasteiger partial charge in [-0.2, -0.15) is 0 Å². The molecule has 0 aromatic rings. The Kier molecular flexibility index (Phi) is 9.63. The van der Waals surface area contributed by atoms with Crippen LogP contribution in [-0.2, 0) is 0 Å². The first-order valence-electron chi connectivity index (χ1n) is 0.812. The van der Waals surface area contributed by atoms with Gasteiger partial charge >= 0.3 is 51.4 Å². The number of hydrogen-bond donors (Lipinski definition) is 0. The largest absolute Gasteiger partial charge is 1.00 e. The summed E-state index contributed by atoms with van der Waals surface area (Å²) in [5.41, 5.74) is 0. The minimum atomic E-state index is -0.500. The average molecular weight is 97.9 g/mol. The number of nitro groups is 1. The van der Waals surface area contributed by atoms with Crippen molar-refractivity contribution in [2.24, 2.45) is 0 Å². The molecular weight excluding hydrogens is 95.9 g/mol. The molecule has 5 heteroatoms.